The Morgan fingerprint density at radius 2 is 1.04 bits per heavy atom. The number of hydrogen-bond donors (Lipinski definition) is 0. The summed E-state index contributed by atoms with van der Waals surface area (Å²) in [7, 11) is 0. The van der Waals surface area contributed by atoms with Crippen LogP contribution in [0.25, 0.3) is 0 Å². The van der Waals surface area contributed by atoms with Gasteiger partial charge in [0.15, 0.2) is 0 Å². The molecule has 4 aliphatic carbocycles. The fraction of sp³-hybridized carbons (Fsp3) is 0.500. The Bertz CT molecular complexity index is 344. The topological polar surface area (TPSA) is 0 Å². The Balaban J connectivity index is 0. The molecule has 4 rings (SSSR count). The fourth-order valence-corrected chi connectivity index (χ4v) is 3.39. The van der Waals surface area contributed by atoms with Crippen LogP contribution in [0.5, 0.6) is 0 Å². The van der Waals surface area contributed by atoms with Crippen molar-refractivity contribution in [1.82, 2.24) is 0 Å². The summed E-state index contributed by atoms with van der Waals surface area (Å²) in [5.74, 6) is 7.79. The van der Waals surface area contributed by atoms with Gasteiger partial charge in [-0.05, 0) is 11.8 Å². The van der Waals surface area contributed by atoms with Crippen LogP contribution in [0.2, 0.25) is 11.5 Å². The third-order valence-corrected chi connectivity index (χ3v) is 4.47. The van der Waals surface area contributed by atoms with Crippen LogP contribution in [0.15, 0.2) is 48.6 Å². The molecule has 0 aliphatic heterocycles. The normalized spacial score (nSPS) is 30.1. The number of halogens is 2. The summed E-state index contributed by atoms with van der Waals surface area (Å²) in [6, 6.07) is 0. The Labute approximate surface area is 187 Å². The fourth-order valence-electron chi connectivity index (χ4n) is 3.39. The second kappa shape index (κ2) is 16.2. The molecule has 24 heavy (non-hydrogen) atoms. The predicted molar refractivity (Wildman–Crippen MR) is 96.5 cm³/mol. The molecule has 0 aromatic rings. The van der Waals surface area contributed by atoms with E-state index in [9.17, 15) is 0 Å². The molecular weight excluding hydrogens is 475 g/mol. The van der Waals surface area contributed by atoms with E-state index in [1.807, 2.05) is 0 Å². The molecule has 4 atom stereocenters. The van der Waals surface area contributed by atoms with Gasteiger partial charge in [0.1, 0.15) is 0 Å². The van der Waals surface area contributed by atoms with Crippen LogP contribution in [-0.4, -0.2) is 15.4 Å². The zero-order valence-corrected chi connectivity index (χ0v) is 21.1. The molecule has 2 fully saturated rings. The Morgan fingerprint density at radius 3 is 1.38 bits per heavy atom. The molecule has 0 spiro atoms. The van der Waals surface area contributed by atoms with Gasteiger partial charge in [0.2, 0.25) is 0 Å². The summed E-state index contributed by atoms with van der Waals surface area (Å²) < 4.78 is 0. The zero-order chi connectivity index (χ0) is 14.9. The molecule has 4 heteroatoms. The molecule has 0 N–H and O–H groups in total. The number of allylic oxidation sites excluding steroid dienone is 8. The first-order valence-corrected chi connectivity index (χ1v) is 13.3. The van der Waals surface area contributed by atoms with Gasteiger partial charge in [0.05, 0.1) is 0 Å². The van der Waals surface area contributed by atoms with E-state index < -0.39 is 0 Å². The second-order valence-corrected chi connectivity index (χ2v) is 8.65. The van der Waals surface area contributed by atoms with Gasteiger partial charge in [-0.2, -0.15) is 12.8 Å². The van der Waals surface area contributed by atoms with Crippen LogP contribution in [0.4, 0.5) is 0 Å². The zero-order valence-electron chi connectivity index (χ0n) is 14.7. The van der Waals surface area contributed by atoms with E-state index in [2.05, 4.69) is 73.0 Å². The van der Waals surface area contributed by atoms with E-state index in [4.69, 9.17) is 0 Å². The minimum atomic E-state index is 0. The van der Waals surface area contributed by atoms with Gasteiger partial charge in [0, 0.05) is 0 Å². The third-order valence-electron chi connectivity index (χ3n) is 4.47. The summed E-state index contributed by atoms with van der Waals surface area (Å²) in [4.78, 5) is 0. The van der Waals surface area contributed by atoms with Gasteiger partial charge in [0.25, 0.3) is 0 Å². The third kappa shape index (κ3) is 9.06. The predicted octanol–water partition coefficient (Wildman–Crippen LogP) is -0.790. The van der Waals surface area contributed by atoms with Crippen LogP contribution in [0.3, 0.4) is 0 Å². The van der Waals surface area contributed by atoms with Crippen molar-refractivity contribution in [3.63, 3.8) is 0 Å². The van der Waals surface area contributed by atoms with Crippen LogP contribution in [0, 0.1) is 36.5 Å². The molecule has 0 aromatic carbocycles. The summed E-state index contributed by atoms with van der Waals surface area (Å²) in [6.07, 6.45) is 28.1. The Morgan fingerprint density at radius 1 is 0.708 bits per heavy atom. The van der Waals surface area contributed by atoms with Gasteiger partial charge in [-0.3, -0.25) is 0 Å². The van der Waals surface area contributed by atoms with Crippen molar-refractivity contribution >= 4 is 15.4 Å². The van der Waals surface area contributed by atoms with Crippen molar-refractivity contribution in [2.24, 2.45) is 23.7 Å². The first-order chi connectivity index (χ1) is 10.3. The molecule has 0 heterocycles. The van der Waals surface area contributed by atoms with Gasteiger partial charge < -0.3 is 37.7 Å². The summed E-state index contributed by atoms with van der Waals surface area (Å²) >= 11 is 0.312. The van der Waals surface area contributed by atoms with E-state index in [1.165, 1.54) is 25.7 Å². The largest absolute Gasteiger partial charge is 4.00 e. The first kappa shape index (κ1) is 27.2. The molecule has 0 aromatic heterocycles. The minimum Gasteiger partial charge on any atom is -1.00 e. The van der Waals surface area contributed by atoms with E-state index in [0.717, 1.165) is 23.7 Å². The Hall–Kier alpha value is 0.966. The van der Waals surface area contributed by atoms with Gasteiger partial charge >= 0.3 is 53.1 Å². The van der Waals surface area contributed by atoms with Crippen molar-refractivity contribution in [1.29, 1.82) is 0 Å². The maximum absolute atomic E-state index is 2.42. The van der Waals surface area contributed by atoms with Gasteiger partial charge in [-0.25, -0.2) is 0 Å². The minimum absolute atomic E-state index is 0. The first-order valence-electron chi connectivity index (χ1n) is 8.45. The SMILES string of the molecule is C1=CC2[CH-]CCC2C=C1.C1=CC2[CH-]CCC2C=C1.[CH3][GeH][CH3].[Cl-].[Cl-].[Zr+4]. The molecule has 0 nitrogen and oxygen atoms in total. The molecule has 0 amide bonds. The van der Waals surface area contributed by atoms with Gasteiger partial charge in [-0.1, -0.05) is 49.3 Å². The van der Waals surface area contributed by atoms with Crippen LogP contribution in [0.1, 0.15) is 25.7 Å². The van der Waals surface area contributed by atoms with Crippen LogP contribution < -0.4 is 24.8 Å². The van der Waals surface area contributed by atoms with Crippen molar-refractivity contribution in [3.8, 4) is 0 Å². The molecule has 4 unspecified atom stereocenters. The van der Waals surface area contributed by atoms with Crippen molar-refractivity contribution in [2.45, 2.75) is 37.2 Å². The molecular formula is C20H29Cl2GeZr. The van der Waals surface area contributed by atoms with Crippen molar-refractivity contribution in [2.75, 3.05) is 0 Å². The van der Waals surface area contributed by atoms with Crippen molar-refractivity contribution < 1.29 is 51.0 Å². The average molecular weight is 504 g/mol. The van der Waals surface area contributed by atoms with Gasteiger partial charge in [-0.15, -0.1) is 24.0 Å². The average Bonchev–Trinajstić information content (AvgIpc) is 3.17. The van der Waals surface area contributed by atoms with Crippen LogP contribution >= 0.6 is 0 Å². The van der Waals surface area contributed by atoms with Crippen LogP contribution in [-0.2, 0) is 26.2 Å². The quantitative estimate of drug-likeness (QED) is 0.300. The second-order valence-electron chi connectivity index (χ2n) is 6.23. The summed E-state index contributed by atoms with van der Waals surface area (Å²) in [5.41, 5.74) is 0. The summed E-state index contributed by atoms with van der Waals surface area (Å²) in [5, 5.41) is 0. The number of fused-ring (bicyclic) bond motifs is 2. The molecule has 1 radical (unpaired) electrons. The van der Waals surface area contributed by atoms with E-state index >= 15 is 0 Å². The molecule has 0 saturated heterocycles. The number of hydrogen-bond acceptors (Lipinski definition) is 0. The standard InChI is InChI=1S/2C9H11.C2H7Ge.2ClH.Zr/c2*1-2-5-9-7-3-6-8(9)4-1;1-3-2;;;/h2*1-2,4-6,8-9H,3,7H2;3H,1-2H3;2*1H;/q2*-1;;;;+4/p-2. The maximum atomic E-state index is 2.42. The number of rotatable bonds is 0. The van der Waals surface area contributed by atoms with Crippen molar-refractivity contribution in [3.05, 3.63) is 61.4 Å². The molecule has 131 valence electrons. The molecule has 2 saturated carbocycles. The maximum Gasteiger partial charge on any atom is 4.00 e. The smallest absolute Gasteiger partial charge is 1.00 e. The van der Waals surface area contributed by atoms with E-state index in [-0.39, 0.29) is 51.0 Å². The summed E-state index contributed by atoms with van der Waals surface area (Å²) in [6.45, 7) is 0. The molecule has 0 bridgehead atoms. The molecule has 4 aliphatic rings. The van der Waals surface area contributed by atoms with E-state index in [0.29, 0.717) is 15.4 Å². The van der Waals surface area contributed by atoms with E-state index in [1.54, 1.807) is 0 Å². The Kier molecular flexibility index (Phi) is 18.3. The monoisotopic (exact) mass is 503 g/mol.